The van der Waals surface area contributed by atoms with Crippen LogP contribution in [0.15, 0.2) is 89.8 Å². The van der Waals surface area contributed by atoms with Crippen LogP contribution in [-0.2, 0) is 10.0 Å². The Morgan fingerprint density at radius 1 is 0.926 bits per heavy atom. The molecule has 0 aliphatic carbocycles. The molecule has 0 aliphatic rings. The van der Waals surface area contributed by atoms with Gasteiger partial charge < -0.3 is 5.11 Å². The fourth-order valence-electron chi connectivity index (χ4n) is 2.93. The lowest BCUT2D eigenvalue weighted by molar-refractivity contribution is 0.0984. The van der Waals surface area contributed by atoms with Crippen LogP contribution in [-0.4, -0.2) is 24.8 Å². The first-order valence-corrected chi connectivity index (χ1v) is 9.99. The molecule has 0 unspecified atom stereocenters. The standard InChI is InChI=1S/C22H23NO3S/c1-17-13-15-20(16-14-17)27(25,26)23(2)21(18-9-5-3-6-10-18)22(24)19-11-7-4-8-12-19/h3-16,21-22,24H,1-2H3/t21-,22+/m0/s1/i2TD/t2-,21-,22+. The average Bonchev–Trinajstić information content (AvgIpc) is 2.72. The molecule has 0 saturated carbocycles. The van der Waals surface area contributed by atoms with E-state index in [1.54, 1.807) is 72.8 Å². The maximum atomic E-state index is 13.4. The summed E-state index contributed by atoms with van der Waals surface area (Å²) in [5.41, 5.74) is 1.91. The molecule has 5 heteroatoms. The summed E-state index contributed by atoms with van der Waals surface area (Å²) in [6.45, 7) is -0.0115. The van der Waals surface area contributed by atoms with Crippen molar-refractivity contribution in [2.45, 2.75) is 24.0 Å². The molecule has 0 radical (unpaired) electrons. The average molecular weight is 385 g/mol. The molecule has 3 atom stereocenters. The highest BCUT2D eigenvalue weighted by atomic mass is 32.2. The number of rotatable bonds is 6. The molecule has 4 nitrogen and oxygen atoms in total. The normalized spacial score (nSPS) is 16.3. The van der Waals surface area contributed by atoms with E-state index >= 15 is 0 Å². The van der Waals surface area contributed by atoms with Gasteiger partial charge >= 0.3 is 0 Å². The van der Waals surface area contributed by atoms with Crippen LogP contribution in [0, 0.1) is 6.92 Å². The summed E-state index contributed by atoms with van der Waals surface area (Å²) in [4.78, 5) is -0.0196. The van der Waals surface area contributed by atoms with Crippen molar-refractivity contribution in [3.63, 3.8) is 0 Å². The Bertz CT molecular complexity index is 1030. The minimum absolute atomic E-state index is 0.0196. The van der Waals surface area contributed by atoms with Crippen LogP contribution >= 0.6 is 0 Å². The zero-order valence-electron chi connectivity index (χ0n) is 16.9. The number of aryl methyl sites for hydroxylation is 1. The van der Waals surface area contributed by atoms with Gasteiger partial charge in [-0.25, -0.2) is 8.42 Å². The minimum Gasteiger partial charge on any atom is -0.386 e. The van der Waals surface area contributed by atoms with Crippen molar-refractivity contribution in [3.05, 3.63) is 102 Å². The number of hydrogen-bond donors (Lipinski definition) is 1. The summed E-state index contributed by atoms with van der Waals surface area (Å²) in [6, 6.07) is 22.4. The first-order chi connectivity index (χ1) is 13.8. The van der Waals surface area contributed by atoms with E-state index in [0.717, 1.165) is 9.87 Å². The van der Waals surface area contributed by atoms with Gasteiger partial charge in [-0.3, -0.25) is 0 Å². The molecule has 0 bridgehead atoms. The highest BCUT2D eigenvalue weighted by Gasteiger charge is 2.34. The van der Waals surface area contributed by atoms with Gasteiger partial charge in [0.05, 0.1) is 17.0 Å². The van der Waals surface area contributed by atoms with Crippen molar-refractivity contribution in [1.82, 2.24) is 4.31 Å². The van der Waals surface area contributed by atoms with Crippen LogP contribution in [0.4, 0.5) is 0 Å². The fourth-order valence-corrected chi connectivity index (χ4v) is 4.19. The van der Waals surface area contributed by atoms with E-state index in [1.807, 2.05) is 6.92 Å². The van der Waals surface area contributed by atoms with Crippen LogP contribution in [0.5, 0.6) is 0 Å². The topological polar surface area (TPSA) is 57.6 Å². The van der Waals surface area contributed by atoms with Gasteiger partial charge in [-0.1, -0.05) is 78.4 Å². The largest absolute Gasteiger partial charge is 0.386 e. The Morgan fingerprint density at radius 3 is 1.96 bits per heavy atom. The van der Waals surface area contributed by atoms with Gasteiger partial charge in [0.25, 0.3) is 0 Å². The third kappa shape index (κ3) is 4.11. The zero-order chi connectivity index (χ0) is 21.0. The van der Waals surface area contributed by atoms with E-state index in [9.17, 15) is 13.5 Å². The molecule has 0 spiro atoms. The molecule has 3 rings (SSSR count). The van der Waals surface area contributed by atoms with Gasteiger partial charge in [-0.15, -0.1) is 0 Å². The van der Waals surface area contributed by atoms with Crippen molar-refractivity contribution in [2.24, 2.45) is 0 Å². The van der Waals surface area contributed by atoms with Crippen LogP contribution in [0.3, 0.4) is 0 Å². The number of sulfonamides is 1. The van der Waals surface area contributed by atoms with Crippen molar-refractivity contribution in [1.29, 1.82) is 0 Å². The summed E-state index contributed by atoms with van der Waals surface area (Å²) in [5, 5.41) is 11.1. The van der Waals surface area contributed by atoms with E-state index in [4.69, 9.17) is 2.74 Å². The molecule has 3 aromatic rings. The number of hydrogen-bond acceptors (Lipinski definition) is 3. The summed E-state index contributed by atoms with van der Waals surface area (Å²) in [7, 11) is -4.22. The van der Waals surface area contributed by atoms with Crippen LogP contribution in [0.2, 0.25) is 0 Å². The summed E-state index contributed by atoms with van der Waals surface area (Å²) in [6.07, 6.45) is -1.25. The minimum atomic E-state index is -4.22. The van der Waals surface area contributed by atoms with Gasteiger partial charge in [0.15, 0.2) is 0 Å². The number of aliphatic hydroxyl groups excluding tert-OH is 1. The van der Waals surface area contributed by atoms with Gasteiger partial charge in [-0.2, -0.15) is 4.31 Å². The molecule has 0 aromatic heterocycles. The maximum Gasteiger partial charge on any atom is 0.243 e. The smallest absolute Gasteiger partial charge is 0.243 e. The Labute approximate surface area is 163 Å². The van der Waals surface area contributed by atoms with Crippen LogP contribution in [0.25, 0.3) is 0 Å². The van der Waals surface area contributed by atoms with E-state index in [-0.39, 0.29) is 4.90 Å². The Morgan fingerprint density at radius 2 is 1.44 bits per heavy atom. The number of nitrogens with zero attached hydrogens (tertiary/aromatic N) is 1. The summed E-state index contributed by atoms with van der Waals surface area (Å²) < 4.78 is 43.6. The van der Waals surface area contributed by atoms with Gasteiger partial charge in [0.2, 0.25) is 10.0 Å². The van der Waals surface area contributed by atoms with Gasteiger partial charge in [0.1, 0.15) is 0 Å². The lowest BCUT2D eigenvalue weighted by atomic mass is 9.96. The molecule has 27 heavy (non-hydrogen) atoms. The number of benzene rings is 3. The van der Waals surface area contributed by atoms with Crippen LogP contribution in [0.1, 0.15) is 31.6 Å². The van der Waals surface area contributed by atoms with Crippen molar-refractivity contribution in [2.75, 3.05) is 7.00 Å². The van der Waals surface area contributed by atoms with E-state index in [0.29, 0.717) is 11.1 Å². The first kappa shape index (κ1) is 16.7. The van der Waals surface area contributed by atoms with Crippen molar-refractivity contribution >= 4 is 10.0 Å². The molecule has 0 amide bonds. The molecule has 3 aromatic carbocycles. The Hall–Kier alpha value is -2.47. The van der Waals surface area contributed by atoms with Gasteiger partial charge in [-0.05, 0) is 30.2 Å². The Kier molecular flexibility index (Phi) is 4.97. The monoisotopic (exact) mass is 384 g/mol. The molecular formula is C22H23NO3S. The lowest BCUT2D eigenvalue weighted by Gasteiger charge is -2.32. The highest BCUT2D eigenvalue weighted by molar-refractivity contribution is 7.89. The quantitative estimate of drug-likeness (QED) is 0.696. The van der Waals surface area contributed by atoms with Crippen molar-refractivity contribution < 1.29 is 16.3 Å². The lowest BCUT2D eigenvalue weighted by Crippen LogP contribution is -2.35. The molecular weight excluding hydrogens is 358 g/mol. The third-order valence-electron chi connectivity index (χ3n) is 4.45. The van der Waals surface area contributed by atoms with Crippen LogP contribution < -0.4 is 0 Å². The maximum absolute atomic E-state index is 13.4. The SMILES string of the molecule is [2H][C@@H]([3H])N([C@@H](c1ccccc1)[C@H](O)c1ccccc1)S(=O)(=O)c1ccc(C)cc1. The second kappa shape index (κ2) is 8.05. The fraction of sp³-hybridized carbons (Fsp3) is 0.182. The second-order valence-electron chi connectivity index (χ2n) is 6.36. The van der Waals surface area contributed by atoms with Gasteiger partial charge in [0, 0.05) is 9.74 Å². The molecule has 0 aliphatic heterocycles. The summed E-state index contributed by atoms with van der Waals surface area (Å²) >= 11 is 0. The molecule has 0 heterocycles. The zero-order valence-corrected chi connectivity index (χ0v) is 15.8. The van der Waals surface area contributed by atoms with E-state index in [2.05, 4.69) is 0 Å². The predicted octanol–water partition coefficient (Wildman–Crippen LogP) is 4.09. The highest BCUT2D eigenvalue weighted by Crippen LogP contribution is 2.36. The molecule has 1 N–H and O–H groups in total. The van der Waals surface area contributed by atoms with E-state index in [1.165, 1.54) is 12.1 Å². The molecule has 140 valence electrons. The predicted molar refractivity (Wildman–Crippen MR) is 107 cm³/mol. The number of aliphatic hydroxyl groups is 1. The first-order valence-electron chi connectivity index (χ1n) is 9.70. The number of likely N-dealkylation sites (N-methyl/N-ethyl adjacent to an activating group) is 1. The van der Waals surface area contributed by atoms with Crippen molar-refractivity contribution in [3.8, 4) is 0 Å². The third-order valence-corrected chi connectivity index (χ3v) is 6.10. The van der Waals surface area contributed by atoms with E-state index < -0.39 is 29.2 Å². The molecule has 0 saturated heterocycles. The summed E-state index contributed by atoms with van der Waals surface area (Å²) in [5.74, 6) is 0. The second-order valence-corrected chi connectivity index (χ2v) is 8.20. The Balaban J connectivity index is 2.16. The molecule has 0 fully saturated rings.